The summed E-state index contributed by atoms with van der Waals surface area (Å²) in [6, 6.07) is 2.55. The Morgan fingerprint density at radius 1 is 1.62 bits per heavy atom. The maximum absolute atomic E-state index is 3.35. The number of fused-ring (bicyclic) bond motifs is 1. The van der Waals surface area contributed by atoms with E-state index in [-0.39, 0.29) is 0 Å². The van der Waals surface area contributed by atoms with Gasteiger partial charge in [0.1, 0.15) is 0 Å². The van der Waals surface area contributed by atoms with Crippen LogP contribution < -0.4 is 5.43 Å². The van der Waals surface area contributed by atoms with E-state index >= 15 is 0 Å². The predicted molar refractivity (Wildman–Crippen MR) is 32.3 cm³/mol. The second kappa shape index (κ2) is 1.25. The van der Waals surface area contributed by atoms with Gasteiger partial charge in [-0.05, 0) is 13.3 Å². The molecule has 0 bridgehead atoms. The Labute approximate surface area is 49.8 Å². The zero-order chi connectivity index (χ0) is 5.72. The predicted octanol–water partition coefficient (Wildman–Crippen LogP) is 0.356. The van der Waals surface area contributed by atoms with Crippen LogP contribution in [0.5, 0.6) is 0 Å². The van der Waals surface area contributed by atoms with Gasteiger partial charge in [0.05, 0.1) is 6.04 Å². The summed E-state index contributed by atoms with van der Waals surface area (Å²) in [7, 11) is 0. The lowest BCUT2D eigenvalue weighted by Crippen LogP contribution is -2.49. The third kappa shape index (κ3) is 0.361. The Kier molecular flexibility index (Phi) is 0.746. The molecule has 0 aromatic rings. The molecule has 2 rings (SSSR count). The molecule has 4 unspecified atom stereocenters. The van der Waals surface area contributed by atoms with E-state index in [1.54, 1.807) is 0 Å². The van der Waals surface area contributed by atoms with Crippen molar-refractivity contribution in [2.45, 2.75) is 38.4 Å². The van der Waals surface area contributed by atoms with E-state index in [0.717, 1.165) is 18.1 Å². The van der Waals surface area contributed by atoms with Gasteiger partial charge in [-0.1, -0.05) is 6.92 Å². The number of hydrogen-bond acceptors (Lipinski definition) is 2. The van der Waals surface area contributed by atoms with Crippen LogP contribution in [0.15, 0.2) is 0 Å². The lowest BCUT2D eigenvalue weighted by atomic mass is 10.1. The molecule has 4 atom stereocenters. The summed E-state index contributed by atoms with van der Waals surface area (Å²) >= 11 is 0. The van der Waals surface area contributed by atoms with Crippen molar-refractivity contribution in [2.75, 3.05) is 0 Å². The molecule has 2 heteroatoms. The fraction of sp³-hybridized carbons (Fsp3) is 1.00. The number of rotatable bonds is 1. The van der Waals surface area contributed by atoms with Gasteiger partial charge in [-0.3, -0.25) is 0 Å². The lowest BCUT2D eigenvalue weighted by Gasteiger charge is -2.25. The largest absolute Gasteiger partial charge is 0.250 e. The minimum absolute atomic E-state index is 0.810. The van der Waals surface area contributed by atoms with Crippen LogP contribution >= 0.6 is 0 Å². The zero-order valence-electron chi connectivity index (χ0n) is 5.39. The van der Waals surface area contributed by atoms with Crippen LogP contribution in [0.4, 0.5) is 0 Å². The first-order chi connectivity index (χ1) is 3.84. The van der Waals surface area contributed by atoms with Crippen LogP contribution in [-0.4, -0.2) is 23.1 Å². The molecule has 2 saturated heterocycles. The smallest absolute Gasteiger partial charge is 0.0580 e. The average molecular weight is 112 g/mol. The van der Waals surface area contributed by atoms with E-state index in [2.05, 4.69) is 24.3 Å². The summed E-state index contributed by atoms with van der Waals surface area (Å²) in [4.78, 5) is 0. The molecule has 2 heterocycles. The summed E-state index contributed by atoms with van der Waals surface area (Å²) < 4.78 is 0. The molecule has 2 fully saturated rings. The van der Waals surface area contributed by atoms with Gasteiger partial charge in [-0.15, -0.1) is 0 Å². The first-order valence-electron chi connectivity index (χ1n) is 3.39. The summed E-state index contributed by atoms with van der Waals surface area (Å²) in [5.41, 5.74) is 3.35. The van der Waals surface area contributed by atoms with Gasteiger partial charge < -0.3 is 0 Å². The zero-order valence-corrected chi connectivity index (χ0v) is 5.39. The Morgan fingerprint density at radius 2 is 2.38 bits per heavy atom. The van der Waals surface area contributed by atoms with E-state index < -0.39 is 0 Å². The SMILES string of the molecule is CCC1NN2C(C)C12. The Morgan fingerprint density at radius 3 is 2.50 bits per heavy atom. The van der Waals surface area contributed by atoms with Gasteiger partial charge in [-0.2, -0.15) is 0 Å². The summed E-state index contributed by atoms with van der Waals surface area (Å²) in [6.07, 6.45) is 1.28. The molecule has 0 radical (unpaired) electrons. The molecule has 0 aromatic heterocycles. The number of nitrogens with one attached hydrogen (secondary N) is 1. The average Bonchev–Trinajstić information content (AvgIpc) is 2.09. The van der Waals surface area contributed by atoms with E-state index in [0.29, 0.717) is 0 Å². The maximum Gasteiger partial charge on any atom is 0.0580 e. The molecular weight excluding hydrogens is 100 g/mol. The minimum atomic E-state index is 0.810. The van der Waals surface area contributed by atoms with Gasteiger partial charge in [0.25, 0.3) is 0 Å². The molecule has 2 nitrogen and oxygen atoms in total. The van der Waals surface area contributed by atoms with Crippen molar-refractivity contribution < 1.29 is 0 Å². The highest BCUT2D eigenvalue weighted by atomic mass is 15.7. The van der Waals surface area contributed by atoms with Gasteiger partial charge in [-0.25, -0.2) is 10.4 Å². The third-order valence-electron chi connectivity index (χ3n) is 2.33. The second-order valence-electron chi connectivity index (χ2n) is 2.78. The van der Waals surface area contributed by atoms with Crippen LogP contribution in [0.2, 0.25) is 0 Å². The van der Waals surface area contributed by atoms with Crippen LogP contribution in [0, 0.1) is 0 Å². The molecule has 2 aliphatic rings. The number of hydrogen-bond donors (Lipinski definition) is 1. The quantitative estimate of drug-likeness (QED) is 0.492. The van der Waals surface area contributed by atoms with Crippen molar-refractivity contribution in [3.63, 3.8) is 0 Å². The highest BCUT2D eigenvalue weighted by Gasteiger charge is 2.57. The Balaban J connectivity index is 1.93. The summed E-state index contributed by atoms with van der Waals surface area (Å²) in [5, 5.41) is 2.31. The summed E-state index contributed by atoms with van der Waals surface area (Å²) in [5.74, 6) is 0. The molecule has 0 saturated carbocycles. The molecule has 0 aromatic carbocycles. The molecule has 0 aliphatic carbocycles. The number of nitrogens with zero attached hydrogens (tertiary/aromatic N) is 1. The maximum atomic E-state index is 3.35. The van der Waals surface area contributed by atoms with Crippen molar-refractivity contribution in [1.29, 1.82) is 0 Å². The van der Waals surface area contributed by atoms with Crippen molar-refractivity contribution in [3.05, 3.63) is 0 Å². The molecule has 46 valence electrons. The van der Waals surface area contributed by atoms with Gasteiger partial charge in [0, 0.05) is 12.1 Å². The van der Waals surface area contributed by atoms with Crippen LogP contribution in [0.3, 0.4) is 0 Å². The highest BCUT2D eigenvalue weighted by Crippen LogP contribution is 2.37. The highest BCUT2D eigenvalue weighted by molar-refractivity contribution is 5.11. The van der Waals surface area contributed by atoms with E-state index in [9.17, 15) is 0 Å². The number of hydrazine groups is 1. The first-order valence-corrected chi connectivity index (χ1v) is 3.39. The fourth-order valence-corrected chi connectivity index (χ4v) is 1.62. The molecule has 0 spiro atoms. The van der Waals surface area contributed by atoms with Crippen molar-refractivity contribution >= 4 is 0 Å². The monoisotopic (exact) mass is 112 g/mol. The molecule has 2 aliphatic heterocycles. The minimum Gasteiger partial charge on any atom is -0.250 e. The summed E-state index contributed by atoms with van der Waals surface area (Å²) in [6.45, 7) is 4.51. The standard InChI is InChI=1S/C6H12N2/c1-3-5-6-4(2)8(6)7-5/h4-7H,3H2,1-2H3. The Hall–Kier alpha value is -0.0800. The topological polar surface area (TPSA) is 15.0 Å². The molecule has 8 heavy (non-hydrogen) atoms. The lowest BCUT2D eigenvalue weighted by molar-refractivity contribution is 0.182. The fourth-order valence-electron chi connectivity index (χ4n) is 1.62. The van der Waals surface area contributed by atoms with Gasteiger partial charge in [0.2, 0.25) is 0 Å². The molecular formula is C6H12N2. The van der Waals surface area contributed by atoms with Gasteiger partial charge >= 0.3 is 0 Å². The second-order valence-corrected chi connectivity index (χ2v) is 2.78. The van der Waals surface area contributed by atoms with Crippen LogP contribution in [-0.2, 0) is 0 Å². The third-order valence-corrected chi connectivity index (χ3v) is 2.33. The van der Waals surface area contributed by atoms with Crippen molar-refractivity contribution in [2.24, 2.45) is 0 Å². The van der Waals surface area contributed by atoms with Crippen molar-refractivity contribution in [1.82, 2.24) is 10.4 Å². The van der Waals surface area contributed by atoms with Gasteiger partial charge in [0.15, 0.2) is 0 Å². The van der Waals surface area contributed by atoms with E-state index in [1.165, 1.54) is 6.42 Å². The first kappa shape index (κ1) is 4.77. The Bertz CT molecular complexity index is 109. The van der Waals surface area contributed by atoms with E-state index in [4.69, 9.17) is 0 Å². The van der Waals surface area contributed by atoms with Crippen LogP contribution in [0.25, 0.3) is 0 Å². The molecule has 0 amide bonds. The van der Waals surface area contributed by atoms with E-state index in [1.807, 2.05) is 0 Å². The van der Waals surface area contributed by atoms with Crippen molar-refractivity contribution in [3.8, 4) is 0 Å². The molecule has 1 N–H and O–H groups in total. The van der Waals surface area contributed by atoms with Crippen LogP contribution in [0.1, 0.15) is 20.3 Å². The normalized spacial score (nSPS) is 59.2.